The van der Waals surface area contributed by atoms with Crippen LogP contribution < -0.4 is 0 Å². The molecule has 0 aliphatic carbocycles. The van der Waals surface area contributed by atoms with Crippen LogP contribution in [0.3, 0.4) is 0 Å². The molecule has 1 aromatic rings. The van der Waals surface area contributed by atoms with Gasteiger partial charge in [-0.25, -0.2) is 9.78 Å². The maximum Gasteiger partial charge on any atom is 0.357 e. The van der Waals surface area contributed by atoms with Gasteiger partial charge in [-0.05, 0) is 24.0 Å². The summed E-state index contributed by atoms with van der Waals surface area (Å²) in [6.45, 7) is 8.31. The van der Waals surface area contributed by atoms with Crippen LogP contribution in [0.25, 0.3) is 0 Å². The van der Waals surface area contributed by atoms with Crippen molar-refractivity contribution in [1.82, 2.24) is 4.98 Å². The minimum atomic E-state index is -0.344. The van der Waals surface area contributed by atoms with Crippen LogP contribution in [0.2, 0.25) is 0 Å². The quantitative estimate of drug-likeness (QED) is 0.699. The second-order valence-electron chi connectivity index (χ2n) is 4.37. The lowest BCUT2D eigenvalue weighted by Gasteiger charge is -2.20. The number of ether oxygens (including phenoxy) is 1. The largest absolute Gasteiger partial charge is 0.461 e. The van der Waals surface area contributed by atoms with Crippen molar-refractivity contribution in [2.24, 2.45) is 0 Å². The van der Waals surface area contributed by atoms with Crippen LogP contribution in [0.15, 0.2) is 18.3 Å². The van der Waals surface area contributed by atoms with Crippen molar-refractivity contribution in [1.29, 1.82) is 0 Å². The van der Waals surface area contributed by atoms with Gasteiger partial charge in [-0.2, -0.15) is 0 Å². The minimum Gasteiger partial charge on any atom is -0.461 e. The first kappa shape index (κ1) is 11.7. The van der Waals surface area contributed by atoms with Gasteiger partial charge in [0.25, 0.3) is 0 Å². The zero-order valence-corrected chi connectivity index (χ0v) is 9.70. The molecule has 0 saturated carbocycles. The van der Waals surface area contributed by atoms with Crippen molar-refractivity contribution < 1.29 is 9.53 Å². The lowest BCUT2D eigenvalue weighted by Crippen LogP contribution is -2.19. The maximum atomic E-state index is 11.6. The monoisotopic (exact) mass is 207 g/mol. The van der Waals surface area contributed by atoms with Crippen molar-refractivity contribution in [2.45, 2.75) is 33.1 Å². The SMILES string of the molecule is CCOC(=O)c1ncccc1C(C)(C)C. The van der Waals surface area contributed by atoms with Gasteiger partial charge >= 0.3 is 5.97 Å². The molecule has 82 valence electrons. The van der Waals surface area contributed by atoms with E-state index in [1.165, 1.54) is 0 Å². The van der Waals surface area contributed by atoms with E-state index in [4.69, 9.17) is 4.74 Å². The van der Waals surface area contributed by atoms with Gasteiger partial charge < -0.3 is 4.74 Å². The summed E-state index contributed by atoms with van der Waals surface area (Å²) >= 11 is 0. The van der Waals surface area contributed by atoms with Gasteiger partial charge in [-0.3, -0.25) is 0 Å². The molecule has 0 unspecified atom stereocenters. The van der Waals surface area contributed by atoms with E-state index in [0.29, 0.717) is 12.3 Å². The van der Waals surface area contributed by atoms with E-state index in [2.05, 4.69) is 4.98 Å². The lowest BCUT2D eigenvalue weighted by molar-refractivity contribution is 0.0516. The smallest absolute Gasteiger partial charge is 0.357 e. The number of hydrogen-bond donors (Lipinski definition) is 0. The first-order chi connectivity index (χ1) is 6.96. The zero-order valence-electron chi connectivity index (χ0n) is 9.70. The second-order valence-corrected chi connectivity index (χ2v) is 4.37. The number of aromatic nitrogens is 1. The van der Waals surface area contributed by atoms with E-state index in [1.807, 2.05) is 32.9 Å². The summed E-state index contributed by atoms with van der Waals surface area (Å²) < 4.78 is 4.96. The van der Waals surface area contributed by atoms with E-state index in [1.54, 1.807) is 13.1 Å². The molecular weight excluding hydrogens is 190 g/mol. The molecule has 1 heterocycles. The highest BCUT2D eigenvalue weighted by Gasteiger charge is 2.22. The van der Waals surface area contributed by atoms with Crippen LogP contribution in [-0.2, 0) is 10.2 Å². The predicted octanol–water partition coefficient (Wildman–Crippen LogP) is 2.56. The molecule has 0 spiro atoms. The van der Waals surface area contributed by atoms with Crippen LogP contribution in [0, 0.1) is 0 Å². The second kappa shape index (κ2) is 4.43. The van der Waals surface area contributed by atoms with Gasteiger partial charge in [0.05, 0.1) is 6.61 Å². The molecule has 0 atom stereocenters. The number of esters is 1. The summed E-state index contributed by atoms with van der Waals surface area (Å²) in [5, 5.41) is 0. The zero-order chi connectivity index (χ0) is 11.5. The Morgan fingerprint density at radius 3 is 2.67 bits per heavy atom. The number of rotatable bonds is 2. The summed E-state index contributed by atoms with van der Waals surface area (Å²) in [4.78, 5) is 15.7. The van der Waals surface area contributed by atoms with Crippen LogP contribution >= 0.6 is 0 Å². The van der Waals surface area contributed by atoms with Gasteiger partial charge in [0.1, 0.15) is 0 Å². The molecule has 1 rings (SSSR count). The average Bonchev–Trinajstić information content (AvgIpc) is 2.17. The van der Waals surface area contributed by atoms with E-state index in [9.17, 15) is 4.79 Å². The molecule has 0 aliphatic rings. The van der Waals surface area contributed by atoms with Crippen LogP contribution in [0.4, 0.5) is 0 Å². The maximum absolute atomic E-state index is 11.6. The van der Waals surface area contributed by atoms with Crippen LogP contribution in [0.1, 0.15) is 43.7 Å². The Hall–Kier alpha value is -1.38. The Kier molecular flexibility index (Phi) is 3.45. The molecule has 0 N–H and O–H groups in total. The van der Waals surface area contributed by atoms with Crippen molar-refractivity contribution in [3.05, 3.63) is 29.6 Å². The number of carbonyl (C=O) groups excluding carboxylic acids is 1. The van der Waals surface area contributed by atoms with E-state index >= 15 is 0 Å². The van der Waals surface area contributed by atoms with E-state index < -0.39 is 0 Å². The van der Waals surface area contributed by atoms with E-state index in [-0.39, 0.29) is 11.4 Å². The molecule has 0 radical (unpaired) electrons. The highest BCUT2D eigenvalue weighted by Crippen LogP contribution is 2.24. The number of hydrogen-bond acceptors (Lipinski definition) is 3. The summed E-state index contributed by atoms with van der Waals surface area (Å²) in [6.07, 6.45) is 1.61. The van der Waals surface area contributed by atoms with Crippen molar-refractivity contribution >= 4 is 5.97 Å². The van der Waals surface area contributed by atoms with Gasteiger partial charge in [0, 0.05) is 6.20 Å². The Balaban J connectivity index is 3.12. The Morgan fingerprint density at radius 1 is 1.47 bits per heavy atom. The van der Waals surface area contributed by atoms with Crippen LogP contribution in [-0.4, -0.2) is 17.6 Å². The van der Waals surface area contributed by atoms with Gasteiger partial charge in [0.15, 0.2) is 5.69 Å². The summed E-state index contributed by atoms with van der Waals surface area (Å²) in [7, 11) is 0. The molecule has 1 aromatic heterocycles. The molecule has 0 aromatic carbocycles. The topological polar surface area (TPSA) is 39.2 Å². The molecule has 0 aliphatic heterocycles. The fourth-order valence-electron chi connectivity index (χ4n) is 1.37. The molecule has 3 heteroatoms. The van der Waals surface area contributed by atoms with Gasteiger partial charge in [-0.15, -0.1) is 0 Å². The first-order valence-electron chi connectivity index (χ1n) is 5.09. The van der Waals surface area contributed by atoms with Crippen LogP contribution in [0.5, 0.6) is 0 Å². The third-order valence-corrected chi connectivity index (χ3v) is 2.08. The van der Waals surface area contributed by atoms with Gasteiger partial charge in [-0.1, -0.05) is 26.8 Å². The number of pyridine rings is 1. The van der Waals surface area contributed by atoms with Crippen molar-refractivity contribution in [2.75, 3.05) is 6.61 Å². The summed E-state index contributed by atoms with van der Waals surface area (Å²) in [5.74, 6) is -0.344. The molecule has 3 nitrogen and oxygen atoms in total. The Bertz CT molecular complexity index is 353. The average molecular weight is 207 g/mol. The van der Waals surface area contributed by atoms with Crippen molar-refractivity contribution in [3.63, 3.8) is 0 Å². The van der Waals surface area contributed by atoms with E-state index in [0.717, 1.165) is 5.56 Å². The summed E-state index contributed by atoms with van der Waals surface area (Å²) in [6, 6.07) is 3.75. The molecule has 0 amide bonds. The fraction of sp³-hybridized carbons (Fsp3) is 0.500. The Morgan fingerprint density at radius 2 is 2.13 bits per heavy atom. The standard InChI is InChI=1S/C12H17NO2/c1-5-15-11(14)10-9(12(2,3)4)7-6-8-13-10/h6-8H,5H2,1-4H3. The third-order valence-electron chi connectivity index (χ3n) is 2.08. The molecule has 0 fully saturated rings. The van der Waals surface area contributed by atoms with Gasteiger partial charge in [0.2, 0.25) is 0 Å². The normalized spacial score (nSPS) is 11.2. The minimum absolute atomic E-state index is 0.101. The Labute approximate surface area is 90.5 Å². The molecule has 15 heavy (non-hydrogen) atoms. The van der Waals surface area contributed by atoms with Crippen molar-refractivity contribution in [3.8, 4) is 0 Å². The fourth-order valence-corrected chi connectivity index (χ4v) is 1.37. The molecular formula is C12H17NO2. The summed E-state index contributed by atoms with van der Waals surface area (Å²) in [5.41, 5.74) is 1.24. The highest BCUT2D eigenvalue weighted by atomic mass is 16.5. The first-order valence-corrected chi connectivity index (χ1v) is 5.09. The predicted molar refractivity (Wildman–Crippen MR) is 58.9 cm³/mol. The molecule has 0 bridgehead atoms. The third kappa shape index (κ3) is 2.78. The highest BCUT2D eigenvalue weighted by molar-refractivity contribution is 5.89. The number of nitrogens with zero attached hydrogens (tertiary/aromatic N) is 1. The lowest BCUT2D eigenvalue weighted by atomic mass is 9.86. The molecule has 0 saturated heterocycles. The number of carbonyl (C=O) groups is 1.